The van der Waals surface area contributed by atoms with Gasteiger partial charge >= 0.3 is 5.97 Å². The monoisotopic (exact) mass is 316 g/mol. The summed E-state index contributed by atoms with van der Waals surface area (Å²) in [6, 6.07) is 8.52. The van der Waals surface area contributed by atoms with Gasteiger partial charge in [0.05, 0.1) is 12.3 Å². The van der Waals surface area contributed by atoms with Crippen LogP contribution in [0.4, 0.5) is 5.69 Å². The number of hydrogen-bond acceptors (Lipinski definition) is 6. The van der Waals surface area contributed by atoms with E-state index in [0.29, 0.717) is 5.69 Å². The molecule has 0 aromatic heterocycles. The average molecular weight is 316 g/mol. The number of benzene rings is 1. The summed E-state index contributed by atoms with van der Waals surface area (Å²) in [7, 11) is 0. The largest absolute Gasteiger partial charge is 0.461 e. The van der Waals surface area contributed by atoms with E-state index in [9.17, 15) is 14.4 Å². The Bertz CT molecular complexity index is 670. The Hall–Kier alpha value is -2.70. The molecule has 2 unspecified atom stereocenters. The molecule has 1 fully saturated rings. The fourth-order valence-electron chi connectivity index (χ4n) is 2.56. The molecule has 2 amide bonds. The molecule has 7 nitrogen and oxygen atoms in total. The number of amides is 2. The maximum atomic E-state index is 12.6. The molecule has 120 valence electrons. The molecule has 0 saturated carbocycles. The minimum absolute atomic E-state index is 0.136. The van der Waals surface area contributed by atoms with E-state index in [0.717, 1.165) is 17.7 Å². The summed E-state index contributed by atoms with van der Waals surface area (Å²) in [6.45, 7) is 2.22. The van der Waals surface area contributed by atoms with Gasteiger partial charge in [-0.15, -0.1) is 0 Å². The minimum Gasteiger partial charge on any atom is -0.461 e. The molecular formula is C16H16N2O5. The summed E-state index contributed by atoms with van der Waals surface area (Å²) < 4.78 is 5.07. The van der Waals surface area contributed by atoms with Crippen LogP contribution in [0, 0.1) is 5.92 Å². The first-order chi connectivity index (χ1) is 11.1. The minimum atomic E-state index is -1.09. The summed E-state index contributed by atoms with van der Waals surface area (Å²) >= 11 is 0. The summed E-state index contributed by atoms with van der Waals surface area (Å²) in [4.78, 5) is 43.1. The molecule has 2 aliphatic rings. The van der Waals surface area contributed by atoms with Crippen molar-refractivity contribution < 1.29 is 24.0 Å². The highest BCUT2D eigenvalue weighted by Gasteiger charge is 2.58. The van der Waals surface area contributed by atoms with E-state index in [-0.39, 0.29) is 12.3 Å². The van der Waals surface area contributed by atoms with Crippen molar-refractivity contribution in [2.45, 2.75) is 25.9 Å². The topological polar surface area (TPSA) is 85.3 Å². The fraction of sp³-hybridized carbons (Fsp3) is 0.375. The normalized spacial score (nSPS) is 22.7. The number of hydrogen-bond donors (Lipinski definition) is 0. The van der Waals surface area contributed by atoms with Crippen LogP contribution in [0.5, 0.6) is 0 Å². The Morgan fingerprint density at radius 2 is 2.00 bits per heavy atom. The number of esters is 1. The van der Waals surface area contributed by atoms with Crippen molar-refractivity contribution in [2.24, 2.45) is 11.1 Å². The van der Waals surface area contributed by atoms with E-state index in [1.54, 1.807) is 30.3 Å². The molecular weight excluding hydrogens is 300 g/mol. The second-order valence-corrected chi connectivity index (χ2v) is 5.32. The molecule has 2 aliphatic heterocycles. The quantitative estimate of drug-likeness (QED) is 0.464. The Morgan fingerprint density at radius 1 is 1.26 bits per heavy atom. The first kappa shape index (κ1) is 15.2. The predicted octanol–water partition coefficient (Wildman–Crippen LogP) is 1.27. The van der Waals surface area contributed by atoms with Crippen molar-refractivity contribution in [1.82, 2.24) is 0 Å². The number of para-hydroxylation sites is 1. The van der Waals surface area contributed by atoms with Crippen LogP contribution in [0.2, 0.25) is 0 Å². The zero-order valence-corrected chi connectivity index (χ0v) is 12.6. The Balaban J connectivity index is 1.79. The number of rotatable bonds is 5. The van der Waals surface area contributed by atoms with Crippen LogP contribution in [0.3, 0.4) is 0 Å². The number of fused-ring (bicyclic) bond motifs is 1. The third kappa shape index (κ3) is 2.58. The molecule has 0 radical (unpaired) electrons. The van der Waals surface area contributed by atoms with Gasteiger partial charge in [-0.05, 0) is 18.6 Å². The lowest BCUT2D eigenvalue weighted by molar-refractivity contribution is -0.136. The molecule has 2 heterocycles. The fourth-order valence-corrected chi connectivity index (χ4v) is 2.56. The van der Waals surface area contributed by atoms with E-state index in [1.165, 1.54) is 0 Å². The predicted molar refractivity (Wildman–Crippen MR) is 80.6 cm³/mol. The lowest BCUT2D eigenvalue weighted by Gasteiger charge is -2.14. The summed E-state index contributed by atoms with van der Waals surface area (Å²) in [5.74, 6) is -2.78. The van der Waals surface area contributed by atoms with E-state index < -0.39 is 29.8 Å². The first-order valence-electron chi connectivity index (χ1n) is 7.49. The lowest BCUT2D eigenvalue weighted by Crippen LogP contribution is -2.35. The van der Waals surface area contributed by atoms with Gasteiger partial charge < -0.3 is 9.57 Å². The second kappa shape index (κ2) is 6.20. The Labute approximate surface area is 132 Å². The Kier molecular flexibility index (Phi) is 4.10. The maximum Gasteiger partial charge on any atom is 0.357 e. The van der Waals surface area contributed by atoms with E-state index >= 15 is 0 Å². The number of oxime groups is 1. The first-order valence-corrected chi connectivity index (χ1v) is 7.49. The number of nitrogens with zero attached hydrogens (tertiary/aromatic N) is 2. The number of unbranched alkanes of at least 4 members (excludes halogenated alkanes) is 1. The second-order valence-electron chi connectivity index (χ2n) is 5.32. The van der Waals surface area contributed by atoms with E-state index in [4.69, 9.17) is 9.57 Å². The lowest BCUT2D eigenvalue weighted by atomic mass is 10.00. The number of ether oxygens (including phenoxy) is 1. The van der Waals surface area contributed by atoms with Crippen LogP contribution in [-0.4, -0.2) is 36.2 Å². The molecule has 1 aromatic rings. The SMILES string of the molecule is CCCCOC(=O)C1=NOC2C(=O)N(c3ccccc3)C(=O)C12. The van der Waals surface area contributed by atoms with Gasteiger partial charge in [-0.1, -0.05) is 36.7 Å². The van der Waals surface area contributed by atoms with Crippen LogP contribution in [0.15, 0.2) is 35.5 Å². The molecule has 0 bridgehead atoms. The average Bonchev–Trinajstić information content (AvgIpc) is 3.09. The highest BCUT2D eigenvalue weighted by Crippen LogP contribution is 2.33. The van der Waals surface area contributed by atoms with E-state index in [1.807, 2.05) is 6.92 Å². The third-order valence-corrected chi connectivity index (χ3v) is 3.77. The van der Waals surface area contributed by atoms with Gasteiger partial charge in [0, 0.05) is 0 Å². The number of carbonyl (C=O) groups is 3. The van der Waals surface area contributed by atoms with Gasteiger partial charge in [0.25, 0.3) is 5.91 Å². The molecule has 0 N–H and O–H groups in total. The van der Waals surface area contributed by atoms with Crippen molar-refractivity contribution in [3.63, 3.8) is 0 Å². The van der Waals surface area contributed by atoms with Gasteiger partial charge in [-0.2, -0.15) is 0 Å². The molecule has 1 saturated heterocycles. The van der Waals surface area contributed by atoms with Crippen molar-refractivity contribution in [3.05, 3.63) is 30.3 Å². The van der Waals surface area contributed by atoms with Crippen molar-refractivity contribution >= 4 is 29.2 Å². The zero-order chi connectivity index (χ0) is 16.4. The standard InChI is InChI=1S/C16H16N2O5/c1-2-3-9-22-16(21)12-11-13(23-17-12)15(20)18(14(11)19)10-7-5-4-6-8-10/h4-8,11,13H,2-3,9H2,1H3. The smallest absolute Gasteiger partial charge is 0.357 e. The van der Waals surface area contributed by atoms with Crippen LogP contribution in [0.1, 0.15) is 19.8 Å². The summed E-state index contributed by atoms with van der Waals surface area (Å²) in [5.41, 5.74) is 0.307. The van der Waals surface area contributed by atoms with Crippen molar-refractivity contribution in [1.29, 1.82) is 0 Å². The molecule has 7 heteroatoms. The summed E-state index contributed by atoms with van der Waals surface area (Å²) in [5, 5.41) is 3.60. The highest BCUT2D eigenvalue weighted by atomic mass is 16.7. The van der Waals surface area contributed by atoms with Crippen molar-refractivity contribution in [2.75, 3.05) is 11.5 Å². The van der Waals surface area contributed by atoms with Crippen LogP contribution < -0.4 is 4.90 Å². The zero-order valence-electron chi connectivity index (χ0n) is 12.6. The summed E-state index contributed by atoms with van der Waals surface area (Å²) in [6.07, 6.45) is 0.509. The molecule has 3 rings (SSSR count). The van der Waals surface area contributed by atoms with Gasteiger partial charge in [0.1, 0.15) is 5.92 Å². The van der Waals surface area contributed by atoms with Crippen LogP contribution in [-0.2, 0) is 24.0 Å². The molecule has 23 heavy (non-hydrogen) atoms. The Morgan fingerprint density at radius 3 is 2.70 bits per heavy atom. The highest BCUT2D eigenvalue weighted by molar-refractivity contribution is 6.46. The maximum absolute atomic E-state index is 12.6. The van der Waals surface area contributed by atoms with Gasteiger partial charge in [0.2, 0.25) is 12.0 Å². The molecule has 2 atom stereocenters. The molecule has 1 aromatic carbocycles. The van der Waals surface area contributed by atoms with Gasteiger partial charge in [0.15, 0.2) is 5.71 Å². The molecule has 0 spiro atoms. The van der Waals surface area contributed by atoms with Gasteiger partial charge in [-0.25, -0.2) is 9.69 Å². The number of anilines is 1. The number of carbonyl (C=O) groups excluding carboxylic acids is 3. The van der Waals surface area contributed by atoms with Gasteiger partial charge in [-0.3, -0.25) is 9.59 Å². The van der Waals surface area contributed by atoms with Crippen LogP contribution >= 0.6 is 0 Å². The third-order valence-electron chi connectivity index (χ3n) is 3.77. The number of imide groups is 1. The van der Waals surface area contributed by atoms with Crippen molar-refractivity contribution in [3.8, 4) is 0 Å². The van der Waals surface area contributed by atoms with Crippen LogP contribution in [0.25, 0.3) is 0 Å². The van der Waals surface area contributed by atoms with E-state index in [2.05, 4.69) is 5.16 Å². The molecule has 0 aliphatic carbocycles.